The van der Waals surface area contributed by atoms with Crippen molar-refractivity contribution in [2.45, 2.75) is 44.7 Å². The van der Waals surface area contributed by atoms with Crippen molar-refractivity contribution in [3.63, 3.8) is 0 Å². The molecule has 1 aliphatic rings. The molecule has 0 atom stereocenters. The lowest BCUT2D eigenvalue weighted by molar-refractivity contribution is 0.0926. The summed E-state index contributed by atoms with van der Waals surface area (Å²) in [6, 6.07) is 4.37. The Kier molecular flexibility index (Phi) is 6.34. The predicted octanol–water partition coefficient (Wildman–Crippen LogP) is 3.80. The SMILES string of the molecule is Cc1cnc(NC2CCC(NC(=O)c3ccc(F)c(Cl)c3)CC2)nc1N(C)C. The van der Waals surface area contributed by atoms with E-state index in [0.717, 1.165) is 37.1 Å². The van der Waals surface area contributed by atoms with Gasteiger partial charge in [0, 0.05) is 43.5 Å². The van der Waals surface area contributed by atoms with Crippen molar-refractivity contribution in [3.05, 3.63) is 46.4 Å². The van der Waals surface area contributed by atoms with Crippen molar-refractivity contribution in [3.8, 4) is 0 Å². The molecule has 1 aromatic heterocycles. The first-order chi connectivity index (χ1) is 13.3. The molecular weight excluding hydrogens is 381 g/mol. The third-order valence-electron chi connectivity index (χ3n) is 4.95. The van der Waals surface area contributed by atoms with Crippen molar-refractivity contribution in [2.24, 2.45) is 0 Å². The molecule has 2 N–H and O–H groups in total. The van der Waals surface area contributed by atoms with E-state index in [0.29, 0.717) is 11.5 Å². The number of aryl methyl sites for hydroxylation is 1. The van der Waals surface area contributed by atoms with Crippen LogP contribution in [0.4, 0.5) is 16.2 Å². The Balaban J connectivity index is 1.52. The van der Waals surface area contributed by atoms with Gasteiger partial charge in [-0.2, -0.15) is 4.98 Å². The average Bonchev–Trinajstić information content (AvgIpc) is 2.66. The van der Waals surface area contributed by atoms with Crippen LogP contribution < -0.4 is 15.5 Å². The lowest BCUT2D eigenvalue weighted by Crippen LogP contribution is -2.40. The number of hydrogen-bond acceptors (Lipinski definition) is 5. The molecule has 8 heteroatoms. The molecule has 28 heavy (non-hydrogen) atoms. The molecule has 0 aliphatic heterocycles. The fourth-order valence-electron chi connectivity index (χ4n) is 3.43. The number of carbonyl (C=O) groups excluding carboxylic acids is 1. The minimum atomic E-state index is -0.527. The maximum atomic E-state index is 13.3. The largest absolute Gasteiger partial charge is 0.362 e. The maximum absolute atomic E-state index is 13.3. The molecule has 0 saturated heterocycles. The van der Waals surface area contributed by atoms with Crippen LogP contribution in [0, 0.1) is 12.7 Å². The van der Waals surface area contributed by atoms with Gasteiger partial charge in [0.15, 0.2) is 0 Å². The van der Waals surface area contributed by atoms with Crippen molar-refractivity contribution in [1.82, 2.24) is 15.3 Å². The highest BCUT2D eigenvalue weighted by Gasteiger charge is 2.23. The average molecular weight is 406 g/mol. The number of benzene rings is 1. The lowest BCUT2D eigenvalue weighted by Gasteiger charge is -2.30. The monoisotopic (exact) mass is 405 g/mol. The number of halogens is 2. The molecule has 0 radical (unpaired) electrons. The Bertz CT molecular complexity index is 852. The van der Waals surface area contributed by atoms with Crippen LogP contribution >= 0.6 is 11.6 Å². The molecule has 6 nitrogen and oxygen atoms in total. The molecule has 1 amide bonds. The predicted molar refractivity (Wildman–Crippen MR) is 110 cm³/mol. The zero-order valence-electron chi connectivity index (χ0n) is 16.3. The highest BCUT2D eigenvalue weighted by Crippen LogP contribution is 2.23. The van der Waals surface area contributed by atoms with E-state index in [4.69, 9.17) is 11.6 Å². The normalized spacial score (nSPS) is 19.2. The van der Waals surface area contributed by atoms with E-state index >= 15 is 0 Å². The molecule has 3 rings (SSSR count). The second-order valence-electron chi connectivity index (χ2n) is 7.39. The number of carbonyl (C=O) groups is 1. The van der Waals surface area contributed by atoms with Gasteiger partial charge in [0.25, 0.3) is 5.91 Å². The Labute approximate surface area is 169 Å². The van der Waals surface area contributed by atoms with Crippen LogP contribution in [-0.2, 0) is 0 Å². The summed E-state index contributed by atoms with van der Waals surface area (Å²) < 4.78 is 13.3. The summed E-state index contributed by atoms with van der Waals surface area (Å²) in [6.07, 6.45) is 5.34. The van der Waals surface area contributed by atoms with Crippen LogP contribution in [-0.4, -0.2) is 42.1 Å². The van der Waals surface area contributed by atoms with Gasteiger partial charge >= 0.3 is 0 Å². The van der Waals surface area contributed by atoms with Crippen LogP contribution in [0.5, 0.6) is 0 Å². The van der Waals surface area contributed by atoms with E-state index in [1.165, 1.54) is 18.2 Å². The summed E-state index contributed by atoms with van der Waals surface area (Å²) >= 11 is 5.76. The molecule has 1 heterocycles. The maximum Gasteiger partial charge on any atom is 0.251 e. The van der Waals surface area contributed by atoms with Gasteiger partial charge in [-0.1, -0.05) is 11.6 Å². The van der Waals surface area contributed by atoms with E-state index in [1.807, 2.05) is 32.1 Å². The molecular formula is C20H25ClFN5O. The number of nitrogens with one attached hydrogen (secondary N) is 2. The van der Waals surface area contributed by atoms with Gasteiger partial charge in [-0.15, -0.1) is 0 Å². The summed E-state index contributed by atoms with van der Waals surface area (Å²) in [6.45, 7) is 1.99. The van der Waals surface area contributed by atoms with Gasteiger partial charge in [-0.05, 0) is 50.8 Å². The highest BCUT2D eigenvalue weighted by atomic mass is 35.5. The number of amides is 1. The van der Waals surface area contributed by atoms with Gasteiger partial charge in [0.2, 0.25) is 5.95 Å². The fourth-order valence-corrected chi connectivity index (χ4v) is 3.61. The Hall–Kier alpha value is -2.41. The quantitative estimate of drug-likeness (QED) is 0.791. The first-order valence-corrected chi connectivity index (χ1v) is 9.74. The summed E-state index contributed by atoms with van der Waals surface area (Å²) in [7, 11) is 3.92. The second kappa shape index (κ2) is 8.73. The number of hydrogen-bond donors (Lipinski definition) is 2. The molecule has 150 valence electrons. The number of rotatable bonds is 5. The van der Waals surface area contributed by atoms with Crippen LogP contribution in [0.25, 0.3) is 0 Å². The highest BCUT2D eigenvalue weighted by molar-refractivity contribution is 6.31. The topological polar surface area (TPSA) is 70.1 Å². The van der Waals surface area contributed by atoms with Gasteiger partial charge < -0.3 is 15.5 Å². The Morgan fingerprint density at radius 1 is 1.21 bits per heavy atom. The third kappa shape index (κ3) is 4.90. The first kappa shape index (κ1) is 20.3. The van der Waals surface area contributed by atoms with Crippen LogP contribution in [0.3, 0.4) is 0 Å². The molecule has 1 fully saturated rings. The van der Waals surface area contributed by atoms with Crippen molar-refractivity contribution in [2.75, 3.05) is 24.3 Å². The van der Waals surface area contributed by atoms with Crippen LogP contribution in [0.1, 0.15) is 41.6 Å². The molecule has 0 bridgehead atoms. The smallest absolute Gasteiger partial charge is 0.251 e. The third-order valence-corrected chi connectivity index (χ3v) is 5.24. The van der Waals surface area contributed by atoms with E-state index in [9.17, 15) is 9.18 Å². The molecule has 2 aromatic rings. The molecule has 1 aliphatic carbocycles. The minimum absolute atomic E-state index is 0.0456. The van der Waals surface area contributed by atoms with Crippen LogP contribution in [0.15, 0.2) is 24.4 Å². The number of nitrogens with zero attached hydrogens (tertiary/aromatic N) is 3. The van der Waals surface area contributed by atoms with Gasteiger partial charge in [0.05, 0.1) is 5.02 Å². The summed E-state index contributed by atoms with van der Waals surface area (Å²) in [5.41, 5.74) is 1.40. The van der Waals surface area contributed by atoms with Crippen molar-refractivity contribution < 1.29 is 9.18 Å². The zero-order chi connectivity index (χ0) is 20.3. The van der Waals surface area contributed by atoms with Gasteiger partial charge in [0.1, 0.15) is 11.6 Å². The summed E-state index contributed by atoms with van der Waals surface area (Å²) in [4.78, 5) is 23.3. The first-order valence-electron chi connectivity index (χ1n) is 9.37. The molecule has 1 aromatic carbocycles. The van der Waals surface area contributed by atoms with E-state index < -0.39 is 5.82 Å². The molecule has 0 spiro atoms. The van der Waals surface area contributed by atoms with Crippen LogP contribution in [0.2, 0.25) is 5.02 Å². The van der Waals surface area contributed by atoms with Gasteiger partial charge in [-0.25, -0.2) is 9.37 Å². The standard InChI is InChI=1S/C20H25ClFN5O/c1-12-11-23-20(26-18(12)27(2)3)25-15-7-5-14(6-8-15)24-19(28)13-4-9-17(22)16(21)10-13/h4,9-11,14-15H,5-8H2,1-3H3,(H,24,28)(H,23,25,26). The van der Waals surface area contributed by atoms with E-state index in [-0.39, 0.29) is 23.0 Å². The van der Waals surface area contributed by atoms with Gasteiger partial charge in [-0.3, -0.25) is 4.79 Å². The number of aromatic nitrogens is 2. The summed E-state index contributed by atoms with van der Waals surface area (Å²) in [5, 5.41) is 6.37. The summed E-state index contributed by atoms with van der Waals surface area (Å²) in [5.74, 6) is 0.774. The second-order valence-corrected chi connectivity index (χ2v) is 7.80. The Morgan fingerprint density at radius 3 is 2.54 bits per heavy atom. The van der Waals surface area contributed by atoms with Crippen molar-refractivity contribution in [1.29, 1.82) is 0 Å². The van der Waals surface area contributed by atoms with E-state index in [1.54, 1.807) is 0 Å². The van der Waals surface area contributed by atoms with E-state index in [2.05, 4.69) is 20.6 Å². The molecule has 0 unspecified atom stereocenters. The van der Waals surface area contributed by atoms with Crippen molar-refractivity contribution >= 4 is 29.3 Å². The fraction of sp³-hybridized carbons (Fsp3) is 0.450. The molecule has 1 saturated carbocycles. The lowest BCUT2D eigenvalue weighted by atomic mass is 9.91. The minimum Gasteiger partial charge on any atom is -0.362 e. The zero-order valence-corrected chi connectivity index (χ0v) is 17.1. The Morgan fingerprint density at radius 2 is 1.89 bits per heavy atom. The number of anilines is 2.